The molecule has 0 aromatic carbocycles. The predicted octanol–water partition coefficient (Wildman–Crippen LogP) is 5.14. The van der Waals surface area contributed by atoms with Gasteiger partial charge in [0, 0.05) is 6.54 Å². The molecule has 1 atom stereocenters. The van der Waals surface area contributed by atoms with E-state index in [-0.39, 0.29) is 11.5 Å². The van der Waals surface area contributed by atoms with E-state index in [1.54, 1.807) is 0 Å². The van der Waals surface area contributed by atoms with E-state index < -0.39 is 5.60 Å². The van der Waals surface area contributed by atoms with Gasteiger partial charge in [0.1, 0.15) is 5.60 Å². The van der Waals surface area contributed by atoms with Crippen molar-refractivity contribution < 1.29 is 9.53 Å². The minimum atomic E-state index is -0.436. The average Bonchev–Trinajstić information content (AvgIpc) is 2.34. The highest BCUT2D eigenvalue weighted by molar-refractivity contribution is 5.67. The Labute approximate surface area is 125 Å². The van der Waals surface area contributed by atoms with Crippen LogP contribution in [0.4, 0.5) is 4.79 Å². The maximum Gasteiger partial charge on any atom is 0.407 e. The molecule has 3 nitrogen and oxygen atoms in total. The molecule has 0 saturated carbocycles. The van der Waals surface area contributed by atoms with Gasteiger partial charge in [-0.15, -0.1) is 0 Å². The summed E-state index contributed by atoms with van der Waals surface area (Å²) in [6.45, 7) is 17.6. The van der Waals surface area contributed by atoms with Crippen molar-refractivity contribution in [3.05, 3.63) is 0 Å². The van der Waals surface area contributed by atoms with Gasteiger partial charge in [0.25, 0.3) is 0 Å². The molecule has 0 heterocycles. The highest BCUT2D eigenvalue weighted by Gasteiger charge is 2.32. The van der Waals surface area contributed by atoms with E-state index in [0.717, 1.165) is 12.8 Å². The van der Waals surface area contributed by atoms with Crippen molar-refractivity contribution in [3.63, 3.8) is 0 Å². The number of ether oxygens (including phenoxy) is 1. The molecule has 1 amide bonds. The fraction of sp³-hybridized carbons (Fsp3) is 0.941. The highest BCUT2D eigenvalue weighted by atomic mass is 16.6. The van der Waals surface area contributed by atoms with E-state index in [4.69, 9.17) is 4.74 Å². The van der Waals surface area contributed by atoms with Crippen molar-refractivity contribution in [2.75, 3.05) is 6.54 Å². The Balaban J connectivity index is 4.56. The van der Waals surface area contributed by atoms with Crippen LogP contribution in [0.1, 0.15) is 81.1 Å². The summed E-state index contributed by atoms with van der Waals surface area (Å²) in [5.41, 5.74) is 0.0338. The minimum absolute atomic E-state index is 0.123. The second kappa shape index (κ2) is 7.33. The van der Waals surface area contributed by atoms with E-state index in [1.165, 1.54) is 12.8 Å². The van der Waals surface area contributed by atoms with Crippen molar-refractivity contribution >= 4 is 6.09 Å². The largest absolute Gasteiger partial charge is 0.444 e. The Kier molecular flexibility index (Phi) is 7.06. The van der Waals surface area contributed by atoms with E-state index in [2.05, 4.69) is 39.9 Å². The van der Waals surface area contributed by atoms with Gasteiger partial charge in [0.2, 0.25) is 0 Å². The number of alkyl carbamates (subject to hydrolysis) is 1. The summed E-state index contributed by atoms with van der Waals surface area (Å²) in [5, 5.41) is 2.94. The molecule has 0 aliphatic rings. The zero-order valence-corrected chi connectivity index (χ0v) is 14.9. The molecule has 0 aromatic rings. The maximum atomic E-state index is 11.8. The molecular weight excluding hydrogens is 250 g/mol. The van der Waals surface area contributed by atoms with Crippen LogP contribution in [0, 0.1) is 10.8 Å². The van der Waals surface area contributed by atoms with Crippen LogP contribution in [0.5, 0.6) is 0 Å². The van der Waals surface area contributed by atoms with Crippen LogP contribution >= 0.6 is 0 Å². The molecule has 0 radical (unpaired) electrons. The summed E-state index contributed by atoms with van der Waals surface area (Å²) in [5.74, 6) is 0. The number of carbonyl (C=O) groups is 1. The molecule has 0 bridgehead atoms. The number of rotatable bonds is 7. The van der Waals surface area contributed by atoms with Crippen LogP contribution in [-0.4, -0.2) is 18.2 Å². The molecule has 120 valence electrons. The van der Waals surface area contributed by atoms with Gasteiger partial charge in [-0.1, -0.05) is 47.5 Å². The maximum absolute atomic E-state index is 11.8. The number of hydrogen-bond acceptors (Lipinski definition) is 2. The number of amides is 1. The fourth-order valence-electron chi connectivity index (χ4n) is 2.44. The fourth-order valence-corrected chi connectivity index (χ4v) is 2.44. The van der Waals surface area contributed by atoms with Crippen LogP contribution in [0.25, 0.3) is 0 Å². The zero-order valence-electron chi connectivity index (χ0n) is 14.9. The van der Waals surface area contributed by atoms with Gasteiger partial charge in [-0.2, -0.15) is 0 Å². The van der Waals surface area contributed by atoms with Crippen LogP contribution in [0.15, 0.2) is 0 Å². The summed E-state index contributed by atoms with van der Waals surface area (Å²) < 4.78 is 5.31. The Morgan fingerprint density at radius 3 is 1.70 bits per heavy atom. The average molecular weight is 285 g/mol. The van der Waals surface area contributed by atoms with Crippen molar-refractivity contribution in [2.45, 2.75) is 86.7 Å². The molecule has 0 spiro atoms. The number of carbonyl (C=O) groups excluding carboxylic acids is 1. The van der Waals surface area contributed by atoms with Crippen LogP contribution < -0.4 is 5.32 Å². The first-order chi connectivity index (χ1) is 8.99. The first-order valence-electron chi connectivity index (χ1n) is 7.96. The van der Waals surface area contributed by atoms with Crippen molar-refractivity contribution in [2.24, 2.45) is 10.8 Å². The normalized spacial score (nSPS) is 15.6. The summed E-state index contributed by atoms with van der Waals surface area (Å²) in [6.07, 6.45) is 4.21. The monoisotopic (exact) mass is 285 g/mol. The second-order valence-corrected chi connectivity index (χ2v) is 7.71. The summed E-state index contributed by atoms with van der Waals surface area (Å²) in [6, 6.07) is 0. The van der Waals surface area contributed by atoms with E-state index in [1.807, 2.05) is 20.8 Å². The van der Waals surface area contributed by atoms with Gasteiger partial charge < -0.3 is 10.1 Å². The third kappa shape index (κ3) is 7.16. The summed E-state index contributed by atoms with van der Waals surface area (Å²) >= 11 is 0. The van der Waals surface area contributed by atoms with Crippen molar-refractivity contribution in [1.29, 1.82) is 0 Å². The molecular formula is C17H35NO2. The predicted molar refractivity (Wildman–Crippen MR) is 85.9 cm³/mol. The zero-order chi connectivity index (χ0) is 16.0. The quantitative estimate of drug-likeness (QED) is 0.703. The molecule has 20 heavy (non-hydrogen) atoms. The third-order valence-corrected chi connectivity index (χ3v) is 4.47. The molecule has 1 N–H and O–H groups in total. The summed E-state index contributed by atoms with van der Waals surface area (Å²) in [7, 11) is 0. The molecule has 0 aliphatic heterocycles. The van der Waals surface area contributed by atoms with Crippen molar-refractivity contribution in [3.8, 4) is 0 Å². The van der Waals surface area contributed by atoms with E-state index in [0.29, 0.717) is 12.0 Å². The molecule has 1 unspecified atom stereocenters. The lowest BCUT2D eigenvalue weighted by Gasteiger charge is -2.38. The van der Waals surface area contributed by atoms with Gasteiger partial charge in [-0.05, 0) is 44.4 Å². The third-order valence-electron chi connectivity index (χ3n) is 4.47. The Morgan fingerprint density at radius 2 is 1.35 bits per heavy atom. The molecule has 0 fully saturated rings. The standard InChI is InChI=1S/C17H35NO2/c1-9-16(7,10-2)12-17(8,11-3)13-18-14(19)20-15(4,5)6/h9-13H2,1-8H3,(H,18,19). The van der Waals surface area contributed by atoms with Gasteiger partial charge in [0.05, 0.1) is 0 Å². The van der Waals surface area contributed by atoms with Crippen LogP contribution in [0.3, 0.4) is 0 Å². The van der Waals surface area contributed by atoms with E-state index >= 15 is 0 Å². The number of nitrogens with one attached hydrogen (secondary N) is 1. The molecule has 0 aromatic heterocycles. The molecule has 3 heteroatoms. The molecule has 0 rings (SSSR count). The second-order valence-electron chi connectivity index (χ2n) is 7.71. The van der Waals surface area contributed by atoms with Gasteiger partial charge >= 0.3 is 6.09 Å². The first kappa shape index (κ1) is 19.3. The lowest BCUT2D eigenvalue weighted by Crippen LogP contribution is -2.41. The minimum Gasteiger partial charge on any atom is -0.444 e. The molecule has 0 aliphatic carbocycles. The van der Waals surface area contributed by atoms with Crippen molar-refractivity contribution in [1.82, 2.24) is 5.32 Å². The highest BCUT2D eigenvalue weighted by Crippen LogP contribution is 2.40. The van der Waals surface area contributed by atoms with Crippen LogP contribution in [0.2, 0.25) is 0 Å². The smallest absolute Gasteiger partial charge is 0.407 e. The Hall–Kier alpha value is -0.730. The Bertz CT molecular complexity index is 303. The van der Waals surface area contributed by atoms with Gasteiger partial charge in [0.15, 0.2) is 0 Å². The SMILES string of the molecule is CCC(C)(CC)CC(C)(CC)CNC(=O)OC(C)(C)C. The molecule has 0 saturated heterocycles. The van der Waals surface area contributed by atoms with E-state index in [9.17, 15) is 4.79 Å². The summed E-state index contributed by atoms with van der Waals surface area (Å²) in [4.78, 5) is 11.8. The first-order valence-corrected chi connectivity index (χ1v) is 7.96. The van der Waals surface area contributed by atoms with Gasteiger partial charge in [-0.3, -0.25) is 0 Å². The lowest BCUT2D eigenvalue weighted by molar-refractivity contribution is 0.0477. The number of hydrogen-bond donors (Lipinski definition) is 1. The lowest BCUT2D eigenvalue weighted by atomic mass is 9.69. The topological polar surface area (TPSA) is 38.3 Å². The van der Waals surface area contributed by atoms with Crippen LogP contribution in [-0.2, 0) is 4.74 Å². The van der Waals surface area contributed by atoms with Gasteiger partial charge in [-0.25, -0.2) is 4.79 Å². The Morgan fingerprint density at radius 1 is 0.900 bits per heavy atom.